The van der Waals surface area contributed by atoms with Crippen LogP contribution in [0.5, 0.6) is 0 Å². The zero-order valence-corrected chi connectivity index (χ0v) is 9.22. The molecular weight excluding hydrogens is 222 g/mol. The van der Waals surface area contributed by atoms with Crippen molar-refractivity contribution in [3.63, 3.8) is 0 Å². The lowest BCUT2D eigenvalue weighted by atomic mass is 10.2. The summed E-state index contributed by atoms with van der Waals surface area (Å²) in [6, 6.07) is -0.532. The van der Waals surface area contributed by atoms with E-state index in [9.17, 15) is 10.1 Å². The van der Waals surface area contributed by atoms with Gasteiger partial charge < -0.3 is 11.1 Å². The molecule has 1 rings (SSSR count). The molecule has 7 heteroatoms. The fraction of sp³-hybridized carbons (Fsp3) is 0.714. The summed E-state index contributed by atoms with van der Waals surface area (Å²) >= 11 is 0. The highest BCUT2D eigenvalue weighted by Crippen LogP contribution is 2.30. The molecular formula is C7H13N3O2S2. The monoisotopic (exact) mass is 235 g/mol. The highest BCUT2D eigenvalue weighted by Gasteiger charge is 2.32. The molecule has 80 valence electrons. The van der Waals surface area contributed by atoms with Crippen LogP contribution in [0.1, 0.15) is 6.42 Å². The molecule has 3 N–H and O–H groups in total. The molecule has 0 fully saturated rings. The van der Waals surface area contributed by atoms with Crippen LogP contribution in [0.15, 0.2) is 12.3 Å². The predicted octanol–water partition coefficient (Wildman–Crippen LogP) is 0.805. The molecule has 0 aromatic heterocycles. The minimum atomic E-state index is -0.532. The Labute approximate surface area is 90.4 Å². The fourth-order valence-corrected chi connectivity index (χ4v) is 3.44. The minimum Gasteiger partial charge on any atom is -0.373 e. The highest BCUT2D eigenvalue weighted by molar-refractivity contribution is 8.76. The first-order valence-electron chi connectivity index (χ1n) is 4.28. The van der Waals surface area contributed by atoms with E-state index in [2.05, 4.69) is 5.32 Å². The predicted molar refractivity (Wildman–Crippen MR) is 60.6 cm³/mol. The van der Waals surface area contributed by atoms with E-state index in [1.807, 2.05) is 0 Å². The molecule has 0 radical (unpaired) electrons. The lowest BCUT2D eigenvalue weighted by Gasteiger charge is -2.22. The summed E-state index contributed by atoms with van der Waals surface area (Å²) in [5.41, 5.74) is 5.34. The molecule has 1 unspecified atom stereocenters. The maximum absolute atomic E-state index is 10.7. The van der Waals surface area contributed by atoms with Crippen LogP contribution in [0, 0.1) is 10.1 Å². The molecule has 0 aromatic carbocycles. The van der Waals surface area contributed by atoms with E-state index < -0.39 is 6.04 Å². The van der Waals surface area contributed by atoms with E-state index >= 15 is 0 Å². The number of nitro groups is 1. The van der Waals surface area contributed by atoms with E-state index in [1.165, 1.54) is 10.8 Å². The summed E-state index contributed by atoms with van der Waals surface area (Å²) in [5.74, 6) is 0.816. The van der Waals surface area contributed by atoms with Crippen LogP contribution in [0.4, 0.5) is 0 Å². The van der Waals surface area contributed by atoms with Crippen molar-refractivity contribution in [3.05, 3.63) is 22.4 Å². The minimum absolute atomic E-state index is 0.147. The Bertz CT molecular complexity index is 225. The summed E-state index contributed by atoms with van der Waals surface area (Å²) in [5, 5.41) is 13.5. The lowest BCUT2D eigenvalue weighted by Crippen LogP contribution is -2.41. The molecule has 5 nitrogen and oxygen atoms in total. The average Bonchev–Trinajstić information content (AvgIpc) is 2.19. The number of hydrogen-bond acceptors (Lipinski definition) is 6. The van der Waals surface area contributed by atoms with Gasteiger partial charge in [0, 0.05) is 23.6 Å². The van der Waals surface area contributed by atoms with Gasteiger partial charge in [0.1, 0.15) is 0 Å². The SMILES string of the molecule is NCCSS[C@H]1NC=CCC1[N+](=O)[O-]. The first-order chi connectivity index (χ1) is 6.75. The van der Waals surface area contributed by atoms with Crippen molar-refractivity contribution in [2.24, 2.45) is 5.73 Å². The second kappa shape index (κ2) is 6.15. The quantitative estimate of drug-likeness (QED) is 0.317. The van der Waals surface area contributed by atoms with Crippen LogP contribution in [-0.2, 0) is 0 Å². The molecule has 1 aliphatic heterocycles. The summed E-state index contributed by atoms with van der Waals surface area (Å²) in [6.45, 7) is 0.601. The zero-order chi connectivity index (χ0) is 10.4. The standard InChI is InChI=1S/C7H13N3O2S2/c8-3-5-13-14-7-6(10(11)12)2-1-4-9-7/h1,4,6-7,9H,2-3,5,8H2/t6?,7-/m1/s1. The van der Waals surface area contributed by atoms with Gasteiger partial charge in [-0.3, -0.25) is 10.1 Å². The van der Waals surface area contributed by atoms with Crippen molar-refractivity contribution < 1.29 is 4.92 Å². The number of rotatable bonds is 5. The van der Waals surface area contributed by atoms with Crippen molar-refractivity contribution in [1.82, 2.24) is 5.32 Å². The van der Waals surface area contributed by atoms with E-state index in [4.69, 9.17) is 5.73 Å². The molecule has 1 heterocycles. The molecule has 0 amide bonds. The third-order valence-electron chi connectivity index (χ3n) is 1.75. The molecule has 14 heavy (non-hydrogen) atoms. The van der Waals surface area contributed by atoms with E-state index in [1.54, 1.807) is 23.1 Å². The van der Waals surface area contributed by atoms with Gasteiger partial charge >= 0.3 is 0 Å². The Morgan fingerprint density at radius 3 is 3.14 bits per heavy atom. The second-order valence-electron chi connectivity index (χ2n) is 2.78. The second-order valence-corrected chi connectivity index (χ2v) is 5.41. The zero-order valence-electron chi connectivity index (χ0n) is 7.59. The molecule has 0 bridgehead atoms. The van der Waals surface area contributed by atoms with Gasteiger partial charge in [-0.15, -0.1) is 0 Å². The van der Waals surface area contributed by atoms with Crippen LogP contribution in [0.25, 0.3) is 0 Å². The van der Waals surface area contributed by atoms with Crippen LogP contribution in [0.3, 0.4) is 0 Å². The average molecular weight is 235 g/mol. The molecule has 1 aliphatic rings. The van der Waals surface area contributed by atoms with E-state index in [-0.39, 0.29) is 10.3 Å². The fourth-order valence-electron chi connectivity index (χ4n) is 1.06. The van der Waals surface area contributed by atoms with Crippen LogP contribution in [0.2, 0.25) is 0 Å². The van der Waals surface area contributed by atoms with Crippen molar-refractivity contribution in [3.8, 4) is 0 Å². The van der Waals surface area contributed by atoms with Gasteiger partial charge in [0.15, 0.2) is 5.37 Å². The maximum atomic E-state index is 10.7. The number of hydrogen-bond donors (Lipinski definition) is 2. The molecule has 0 saturated carbocycles. The Kier molecular flexibility index (Phi) is 5.13. The van der Waals surface area contributed by atoms with Gasteiger partial charge in [0.05, 0.1) is 0 Å². The maximum Gasteiger partial charge on any atom is 0.246 e. The summed E-state index contributed by atoms with van der Waals surface area (Å²) in [7, 11) is 3.06. The largest absolute Gasteiger partial charge is 0.373 e. The Morgan fingerprint density at radius 2 is 2.50 bits per heavy atom. The van der Waals surface area contributed by atoms with Crippen LogP contribution >= 0.6 is 21.6 Å². The van der Waals surface area contributed by atoms with Crippen molar-refractivity contribution >= 4 is 21.6 Å². The first kappa shape index (κ1) is 11.7. The van der Waals surface area contributed by atoms with Crippen LogP contribution < -0.4 is 11.1 Å². The van der Waals surface area contributed by atoms with Gasteiger partial charge in [0.25, 0.3) is 0 Å². The van der Waals surface area contributed by atoms with Gasteiger partial charge in [-0.2, -0.15) is 0 Å². The van der Waals surface area contributed by atoms with Crippen LogP contribution in [-0.4, -0.2) is 28.6 Å². The third-order valence-corrected chi connectivity index (χ3v) is 4.48. The Balaban J connectivity index is 2.39. The van der Waals surface area contributed by atoms with Gasteiger partial charge in [-0.25, -0.2) is 0 Å². The van der Waals surface area contributed by atoms with Crippen molar-refractivity contribution in [2.75, 3.05) is 12.3 Å². The van der Waals surface area contributed by atoms with Gasteiger partial charge in [-0.05, 0) is 6.20 Å². The summed E-state index contributed by atoms with van der Waals surface area (Å²) < 4.78 is 0. The molecule has 0 aliphatic carbocycles. The van der Waals surface area contributed by atoms with E-state index in [0.717, 1.165) is 5.75 Å². The van der Waals surface area contributed by atoms with Gasteiger partial charge in [-0.1, -0.05) is 27.7 Å². The lowest BCUT2D eigenvalue weighted by molar-refractivity contribution is -0.522. The number of nitrogens with two attached hydrogens (primary N) is 1. The Hall–Kier alpha value is -0.400. The molecule has 0 saturated heterocycles. The third kappa shape index (κ3) is 3.39. The molecule has 0 spiro atoms. The topological polar surface area (TPSA) is 81.2 Å². The summed E-state index contributed by atoms with van der Waals surface area (Å²) in [6.07, 6.45) is 4.07. The molecule has 0 aromatic rings. The summed E-state index contributed by atoms with van der Waals surface area (Å²) in [4.78, 5) is 10.5. The van der Waals surface area contributed by atoms with Crippen molar-refractivity contribution in [2.45, 2.75) is 17.8 Å². The first-order valence-corrected chi connectivity index (χ1v) is 6.67. The Morgan fingerprint density at radius 1 is 1.71 bits per heavy atom. The smallest absolute Gasteiger partial charge is 0.246 e. The highest BCUT2D eigenvalue weighted by atomic mass is 33.1. The molecule has 2 atom stereocenters. The number of nitrogens with one attached hydrogen (secondary N) is 1. The normalized spacial score (nSPS) is 25.8. The van der Waals surface area contributed by atoms with E-state index in [0.29, 0.717) is 13.0 Å². The van der Waals surface area contributed by atoms with Crippen molar-refractivity contribution in [1.29, 1.82) is 0 Å². The van der Waals surface area contributed by atoms with Gasteiger partial charge in [0.2, 0.25) is 6.04 Å². The number of nitrogens with zero attached hydrogens (tertiary/aromatic N) is 1.